The van der Waals surface area contributed by atoms with E-state index in [2.05, 4.69) is 33.8 Å². The number of imidazole rings is 1. The highest BCUT2D eigenvalue weighted by Gasteiger charge is 2.12. The van der Waals surface area contributed by atoms with Crippen molar-refractivity contribution in [2.24, 2.45) is 7.05 Å². The molecule has 0 aliphatic carbocycles. The highest BCUT2D eigenvalue weighted by Crippen LogP contribution is 2.32. The van der Waals surface area contributed by atoms with Crippen LogP contribution in [-0.4, -0.2) is 24.8 Å². The van der Waals surface area contributed by atoms with Crippen molar-refractivity contribution in [1.82, 2.24) is 19.9 Å². The van der Waals surface area contributed by atoms with Crippen LogP contribution in [0, 0.1) is 0 Å². The smallest absolute Gasteiger partial charge is 0.307 e. The first-order chi connectivity index (χ1) is 23.4. The van der Waals surface area contributed by atoms with Gasteiger partial charge in [-0.25, -0.2) is 4.98 Å². The number of anilines is 1. The lowest BCUT2D eigenvalue weighted by atomic mass is 10.1. The summed E-state index contributed by atoms with van der Waals surface area (Å²) in [5.41, 5.74) is 4.76. The molecule has 0 aliphatic rings. The minimum atomic E-state index is -0.270. The summed E-state index contributed by atoms with van der Waals surface area (Å²) >= 11 is 6.59. The molecule has 7 rings (SSSR count). The monoisotopic (exact) mass is 673 g/mol. The van der Waals surface area contributed by atoms with E-state index in [4.69, 9.17) is 26.7 Å². The minimum absolute atomic E-state index is 0.0759. The largest absolute Gasteiger partial charge is 0.494 e. The number of hydrogen-bond donors (Lipinski definition) is 4. The molecule has 0 aliphatic heterocycles. The molecule has 2 heterocycles. The van der Waals surface area contributed by atoms with Crippen LogP contribution in [0.1, 0.15) is 21.8 Å². The van der Waals surface area contributed by atoms with Crippen molar-refractivity contribution in [1.29, 1.82) is 0 Å². The van der Waals surface area contributed by atoms with Crippen LogP contribution in [0.4, 0.5) is 5.69 Å². The Kier molecular flexibility index (Phi) is 8.78. The number of nitrogens with zero attached hydrogens (tertiary/aromatic N) is 2. The maximum atomic E-state index is 11.5. The number of aromatic hydroxyl groups is 1. The third kappa shape index (κ3) is 7.02. The number of aryl methyl sites for hydroxylation is 1. The van der Waals surface area contributed by atoms with Gasteiger partial charge in [0, 0.05) is 37.2 Å². The van der Waals surface area contributed by atoms with Gasteiger partial charge in [-0.1, -0.05) is 72.0 Å². The summed E-state index contributed by atoms with van der Waals surface area (Å²) in [5, 5.41) is 19.1. The number of aromatic nitrogens is 3. The maximum absolute atomic E-state index is 11.5. The fourth-order valence-corrected chi connectivity index (χ4v) is 6.37. The average molecular weight is 674 g/mol. The molecule has 11 heteroatoms. The Morgan fingerprint density at radius 1 is 0.917 bits per heavy atom. The molecule has 0 radical (unpaired) electrons. The normalized spacial score (nSPS) is 11.1. The molecular formula is C37H31N5O4S2. The molecule has 7 aromatic rings. The number of benzene rings is 5. The lowest BCUT2D eigenvalue weighted by molar-refractivity contribution is 0.292. The summed E-state index contributed by atoms with van der Waals surface area (Å²) in [6.45, 7) is 0.917. The second-order valence-corrected chi connectivity index (χ2v) is 12.7. The van der Waals surface area contributed by atoms with Crippen LogP contribution in [0.5, 0.6) is 23.1 Å². The highest BCUT2D eigenvalue weighted by atomic mass is 32.1. The van der Waals surface area contributed by atoms with Crippen molar-refractivity contribution in [3.05, 3.63) is 141 Å². The van der Waals surface area contributed by atoms with E-state index in [1.54, 1.807) is 0 Å². The van der Waals surface area contributed by atoms with Gasteiger partial charge in [0.1, 0.15) is 29.7 Å². The van der Waals surface area contributed by atoms with Crippen molar-refractivity contribution < 1.29 is 14.6 Å². The SMILES string of the molecule is Cn1c(COc2ccc(Cc3sc(=O)[nH]c3O)cc2)nc2ccc(Oc3ccc4cccc(NC(=S)NCc5ccccc5)c4c3)cc21. The van der Waals surface area contributed by atoms with E-state index in [-0.39, 0.29) is 17.4 Å². The lowest BCUT2D eigenvalue weighted by Crippen LogP contribution is -2.27. The highest BCUT2D eigenvalue weighted by molar-refractivity contribution is 7.80. The molecule has 9 nitrogen and oxygen atoms in total. The number of rotatable bonds is 10. The molecule has 0 saturated heterocycles. The molecule has 5 aromatic carbocycles. The van der Waals surface area contributed by atoms with Gasteiger partial charge in [-0.15, -0.1) is 0 Å². The minimum Gasteiger partial charge on any atom is -0.494 e. The van der Waals surface area contributed by atoms with Gasteiger partial charge in [0.05, 0.1) is 15.9 Å². The predicted molar refractivity (Wildman–Crippen MR) is 194 cm³/mol. The molecule has 4 N–H and O–H groups in total. The topological polar surface area (TPSA) is 113 Å². The van der Waals surface area contributed by atoms with E-state index in [1.807, 2.05) is 103 Å². The van der Waals surface area contributed by atoms with Gasteiger partial charge in [0.15, 0.2) is 5.11 Å². The molecule has 0 bridgehead atoms. The number of nitrogens with one attached hydrogen (secondary N) is 3. The van der Waals surface area contributed by atoms with Crippen LogP contribution < -0.4 is 25.0 Å². The second-order valence-electron chi connectivity index (χ2n) is 11.2. The molecule has 0 fully saturated rings. The Morgan fingerprint density at radius 2 is 1.69 bits per heavy atom. The first-order valence-electron chi connectivity index (χ1n) is 15.3. The quantitative estimate of drug-likeness (QED) is 0.110. The Bertz CT molecular complexity index is 2300. The lowest BCUT2D eigenvalue weighted by Gasteiger charge is -2.14. The zero-order chi connectivity index (χ0) is 33.0. The Hall–Kier alpha value is -5.65. The zero-order valence-corrected chi connectivity index (χ0v) is 27.5. The molecule has 0 amide bonds. The Balaban J connectivity index is 1.01. The van der Waals surface area contributed by atoms with Crippen LogP contribution in [0.25, 0.3) is 21.8 Å². The molecule has 0 atom stereocenters. The number of hydrogen-bond acceptors (Lipinski definition) is 7. The van der Waals surface area contributed by atoms with E-state index < -0.39 is 0 Å². The van der Waals surface area contributed by atoms with Crippen LogP contribution in [-0.2, 0) is 26.6 Å². The first-order valence-corrected chi connectivity index (χ1v) is 16.5. The number of aromatic amines is 1. The summed E-state index contributed by atoms with van der Waals surface area (Å²) in [5.74, 6) is 2.78. The van der Waals surface area contributed by atoms with Crippen LogP contribution >= 0.6 is 23.6 Å². The van der Waals surface area contributed by atoms with Gasteiger partial charge >= 0.3 is 4.87 Å². The molecular weight excluding hydrogens is 643 g/mol. The summed E-state index contributed by atoms with van der Waals surface area (Å²) < 4.78 is 14.4. The third-order valence-corrected chi connectivity index (χ3v) is 9.05. The van der Waals surface area contributed by atoms with Crippen LogP contribution in [0.15, 0.2) is 114 Å². The van der Waals surface area contributed by atoms with Crippen molar-refractivity contribution in [2.45, 2.75) is 19.6 Å². The average Bonchev–Trinajstić information content (AvgIpc) is 3.59. The van der Waals surface area contributed by atoms with Crippen molar-refractivity contribution in [2.75, 3.05) is 5.32 Å². The first kappa shape index (κ1) is 31.0. The Morgan fingerprint density at radius 3 is 2.48 bits per heavy atom. The fourth-order valence-electron chi connectivity index (χ4n) is 5.43. The van der Waals surface area contributed by atoms with Crippen LogP contribution in [0.2, 0.25) is 0 Å². The summed E-state index contributed by atoms with van der Waals surface area (Å²) in [6, 6.07) is 35.6. The summed E-state index contributed by atoms with van der Waals surface area (Å²) in [7, 11) is 1.96. The number of fused-ring (bicyclic) bond motifs is 2. The number of thiazole rings is 1. The molecule has 240 valence electrons. The van der Waals surface area contributed by atoms with E-state index in [1.165, 1.54) is 0 Å². The zero-order valence-electron chi connectivity index (χ0n) is 25.9. The number of thiocarbonyl (C=S) groups is 1. The van der Waals surface area contributed by atoms with Gasteiger partial charge in [-0.2, -0.15) is 0 Å². The summed E-state index contributed by atoms with van der Waals surface area (Å²) in [4.78, 5) is 19.0. The van der Waals surface area contributed by atoms with E-state index in [0.717, 1.165) is 55.8 Å². The van der Waals surface area contributed by atoms with Gasteiger partial charge in [-0.3, -0.25) is 9.78 Å². The predicted octanol–water partition coefficient (Wildman–Crippen LogP) is 7.63. The molecule has 0 saturated carbocycles. The van der Waals surface area contributed by atoms with E-state index >= 15 is 0 Å². The van der Waals surface area contributed by atoms with Crippen molar-refractivity contribution >= 4 is 56.2 Å². The molecule has 2 aromatic heterocycles. The second kappa shape index (κ2) is 13.6. The summed E-state index contributed by atoms with van der Waals surface area (Å²) in [6.07, 6.45) is 0.461. The van der Waals surface area contributed by atoms with Crippen molar-refractivity contribution in [3.8, 4) is 23.1 Å². The maximum Gasteiger partial charge on any atom is 0.307 e. The molecule has 0 spiro atoms. The molecule has 48 heavy (non-hydrogen) atoms. The molecule has 0 unspecified atom stereocenters. The van der Waals surface area contributed by atoms with Crippen molar-refractivity contribution in [3.63, 3.8) is 0 Å². The van der Waals surface area contributed by atoms with Gasteiger partial charge in [-0.05, 0) is 71.2 Å². The Labute approximate surface area is 285 Å². The standard InChI is InChI=1S/C37H31N5O4S2/c1-42-32-20-28(16-17-31(32)39-34(42)22-45-26-13-10-23(11-14-26)18-33-35(43)41-37(44)48-33)46-27-15-12-25-8-5-9-30(29(25)19-27)40-36(47)38-21-24-6-3-2-4-7-24/h2-17,19-20,43H,18,21-22H2,1H3,(H,41,44)(H2,38,40,47). The van der Waals surface area contributed by atoms with E-state index in [0.29, 0.717) is 40.2 Å². The number of ether oxygens (including phenoxy) is 2. The van der Waals surface area contributed by atoms with Gasteiger partial charge in [0.2, 0.25) is 5.88 Å². The van der Waals surface area contributed by atoms with E-state index in [9.17, 15) is 9.90 Å². The van der Waals surface area contributed by atoms with Crippen LogP contribution in [0.3, 0.4) is 0 Å². The number of H-pyrrole nitrogens is 1. The third-order valence-electron chi connectivity index (χ3n) is 7.93. The van der Waals surface area contributed by atoms with Gasteiger partial charge in [0.25, 0.3) is 0 Å². The fraction of sp³-hybridized carbons (Fsp3) is 0.108. The van der Waals surface area contributed by atoms with Gasteiger partial charge < -0.3 is 29.8 Å².